The predicted octanol–water partition coefficient (Wildman–Crippen LogP) is 2.55. The van der Waals surface area contributed by atoms with Crippen LogP contribution in [0.1, 0.15) is 18.4 Å². The smallest absolute Gasteiger partial charge is 0.142 e. The van der Waals surface area contributed by atoms with Gasteiger partial charge in [-0.25, -0.2) is 4.39 Å². The highest BCUT2D eigenvalue weighted by Crippen LogP contribution is 2.24. The molecular formula is C13H17BrFN3O. The van der Waals surface area contributed by atoms with Crippen LogP contribution >= 0.6 is 15.9 Å². The van der Waals surface area contributed by atoms with E-state index < -0.39 is 0 Å². The van der Waals surface area contributed by atoms with Gasteiger partial charge in [0.25, 0.3) is 0 Å². The molecule has 0 spiro atoms. The van der Waals surface area contributed by atoms with Gasteiger partial charge >= 0.3 is 0 Å². The Kier molecular flexibility index (Phi) is 4.76. The van der Waals surface area contributed by atoms with E-state index in [-0.39, 0.29) is 11.7 Å². The lowest BCUT2D eigenvalue weighted by Gasteiger charge is -2.31. The molecule has 3 N–H and O–H groups in total. The molecular weight excluding hydrogens is 313 g/mol. The Morgan fingerprint density at radius 3 is 2.79 bits per heavy atom. The Bertz CT molecular complexity index is 473. The summed E-state index contributed by atoms with van der Waals surface area (Å²) in [5.41, 5.74) is 6.56. The minimum atomic E-state index is -0.232. The highest BCUT2D eigenvalue weighted by atomic mass is 79.9. The molecule has 1 aliphatic rings. The molecule has 1 aromatic carbocycles. The fraction of sp³-hybridized carbons (Fsp3) is 0.462. The molecule has 1 saturated heterocycles. The maximum Gasteiger partial charge on any atom is 0.142 e. The molecule has 1 aromatic rings. The van der Waals surface area contributed by atoms with E-state index in [1.807, 2.05) is 6.07 Å². The Balaban J connectivity index is 1.94. The molecule has 1 heterocycles. The molecule has 6 heteroatoms. The number of hydrogen-bond donors (Lipinski definition) is 2. The van der Waals surface area contributed by atoms with Gasteiger partial charge in [-0.1, -0.05) is 17.3 Å². The van der Waals surface area contributed by atoms with Crippen LogP contribution in [-0.4, -0.2) is 29.0 Å². The first-order chi connectivity index (χ1) is 9.11. The van der Waals surface area contributed by atoms with Gasteiger partial charge in [-0.15, -0.1) is 0 Å². The molecule has 0 atom stereocenters. The van der Waals surface area contributed by atoms with Crippen LogP contribution in [-0.2, 0) is 6.54 Å². The maximum atomic E-state index is 13.4. The molecule has 19 heavy (non-hydrogen) atoms. The highest BCUT2D eigenvalue weighted by Gasteiger charge is 2.22. The van der Waals surface area contributed by atoms with Crippen molar-refractivity contribution in [1.29, 1.82) is 0 Å². The van der Waals surface area contributed by atoms with Gasteiger partial charge in [-0.3, -0.25) is 4.90 Å². The molecule has 0 aromatic heterocycles. The van der Waals surface area contributed by atoms with E-state index in [2.05, 4.69) is 26.0 Å². The Morgan fingerprint density at radius 2 is 2.16 bits per heavy atom. The number of benzene rings is 1. The Hall–Kier alpha value is -1.14. The van der Waals surface area contributed by atoms with Crippen LogP contribution in [0, 0.1) is 11.7 Å². The topological polar surface area (TPSA) is 61.9 Å². The minimum Gasteiger partial charge on any atom is -0.409 e. The third kappa shape index (κ3) is 3.45. The normalized spacial score (nSPS) is 18.7. The van der Waals surface area contributed by atoms with Crippen molar-refractivity contribution in [1.82, 2.24) is 4.90 Å². The van der Waals surface area contributed by atoms with E-state index in [0.29, 0.717) is 16.9 Å². The van der Waals surface area contributed by atoms with E-state index in [4.69, 9.17) is 10.9 Å². The standard InChI is InChI=1S/C13H17BrFN3O/c14-12-10(2-1-3-11(12)15)8-18-6-4-9(5-7-18)13(16)17-19/h1-3,9,19H,4-8H2,(H2,16,17). The second-order valence-electron chi connectivity index (χ2n) is 4.79. The molecule has 0 bridgehead atoms. The van der Waals surface area contributed by atoms with Crippen molar-refractivity contribution in [2.24, 2.45) is 16.8 Å². The van der Waals surface area contributed by atoms with Gasteiger partial charge in [0, 0.05) is 12.5 Å². The molecule has 2 rings (SSSR count). The number of nitrogens with zero attached hydrogens (tertiary/aromatic N) is 2. The number of oxime groups is 1. The number of likely N-dealkylation sites (tertiary alicyclic amines) is 1. The van der Waals surface area contributed by atoms with E-state index in [1.165, 1.54) is 6.07 Å². The first-order valence-corrected chi connectivity index (χ1v) is 7.03. The second-order valence-corrected chi connectivity index (χ2v) is 5.58. The molecule has 4 nitrogen and oxygen atoms in total. The van der Waals surface area contributed by atoms with Gasteiger partial charge in [0.15, 0.2) is 0 Å². The molecule has 0 radical (unpaired) electrons. The van der Waals surface area contributed by atoms with Gasteiger partial charge < -0.3 is 10.9 Å². The lowest BCUT2D eigenvalue weighted by atomic mass is 9.95. The summed E-state index contributed by atoms with van der Waals surface area (Å²) in [6.07, 6.45) is 1.73. The molecule has 0 aliphatic carbocycles. The van der Waals surface area contributed by atoms with Crippen LogP contribution in [0.5, 0.6) is 0 Å². The summed E-state index contributed by atoms with van der Waals surface area (Å²) in [6, 6.07) is 5.08. The van der Waals surface area contributed by atoms with Crippen LogP contribution in [0.15, 0.2) is 27.8 Å². The monoisotopic (exact) mass is 329 g/mol. The van der Waals surface area contributed by atoms with E-state index in [0.717, 1.165) is 31.5 Å². The van der Waals surface area contributed by atoms with Gasteiger partial charge in [0.1, 0.15) is 11.7 Å². The van der Waals surface area contributed by atoms with Crippen molar-refractivity contribution in [3.05, 3.63) is 34.1 Å². The molecule has 0 saturated carbocycles. The van der Waals surface area contributed by atoms with Crippen molar-refractivity contribution in [3.8, 4) is 0 Å². The minimum absolute atomic E-state index is 0.150. The predicted molar refractivity (Wildman–Crippen MR) is 75.5 cm³/mol. The largest absolute Gasteiger partial charge is 0.409 e. The SMILES string of the molecule is N/C(=N/O)C1CCN(Cc2cccc(F)c2Br)CC1. The number of piperidine rings is 1. The van der Waals surface area contributed by atoms with Gasteiger partial charge in [-0.2, -0.15) is 0 Å². The molecule has 1 fully saturated rings. The third-order valence-corrected chi connectivity index (χ3v) is 4.43. The molecule has 0 amide bonds. The number of rotatable bonds is 3. The molecule has 104 valence electrons. The lowest BCUT2D eigenvalue weighted by Crippen LogP contribution is -2.38. The number of hydrogen-bond acceptors (Lipinski definition) is 3. The third-order valence-electron chi connectivity index (χ3n) is 3.55. The van der Waals surface area contributed by atoms with E-state index in [1.54, 1.807) is 6.07 Å². The fourth-order valence-corrected chi connectivity index (χ4v) is 2.77. The van der Waals surface area contributed by atoms with Crippen LogP contribution in [0.4, 0.5) is 4.39 Å². The molecule has 1 aliphatic heterocycles. The first kappa shape index (κ1) is 14.3. The van der Waals surface area contributed by atoms with Gasteiger partial charge in [0.05, 0.1) is 4.47 Å². The first-order valence-electron chi connectivity index (χ1n) is 6.24. The zero-order chi connectivity index (χ0) is 13.8. The number of halogens is 2. The summed E-state index contributed by atoms with van der Waals surface area (Å²) in [7, 11) is 0. The van der Waals surface area contributed by atoms with Crippen LogP contribution < -0.4 is 5.73 Å². The summed E-state index contributed by atoms with van der Waals surface area (Å²) in [4.78, 5) is 2.25. The Labute approximate surface area is 120 Å². The average Bonchev–Trinajstić information content (AvgIpc) is 2.44. The van der Waals surface area contributed by atoms with Crippen LogP contribution in [0.3, 0.4) is 0 Å². The van der Waals surface area contributed by atoms with Crippen molar-refractivity contribution in [2.45, 2.75) is 19.4 Å². The highest BCUT2D eigenvalue weighted by molar-refractivity contribution is 9.10. The van der Waals surface area contributed by atoms with Crippen molar-refractivity contribution in [2.75, 3.05) is 13.1 Å². The zero-order valence-electron chi connectivity index (χ0n) is 10.5. The van der Waals surface area contributed by atoms with Crippen molar-refractivity contribution in [3.63, 3.8) is 0 Å². The Morgan fingerprint density at radius 1 is 1.47 bits per heavy atom. The zero-order valence-corrected chi connectivity index (χ0v) is 12.1. The number of amidine groups is 1. The quantitative estimate of drug-likeness (QED) is 0.387. The summed E-state index contributed by atoms with van der Waals surface area (Å²) in [6.45, 7) is 2.44. The lowest BCUT2D eigenvalue weighted by molar-refractivity contribution is 0.198. The number of nitrogens with two attached hydrogens (primary N) is 1. The summed E-state index contributed by atoms with van der Waals surface area (Å²) in [5, 5.41) is 11.7. The van der Waals surface area contributed by atoms with E-state index >= 15 is 0 Å². The maximum absolute atomic E-state index is 13.4. The average molecular weight is 330 g/mol. The van der Waals surface area contributed by atoms with Gasteiger partial charge in [-0.05, 0) is 53.5 Å². The van der Waals surface area contributed by atoms with Crippen LogP contribution in [0.2, 0.25) is 0 Å². The second kappa shape index (κ2) is 6.34. The van der Waals surface area contributed by atoms with Gasteiger partial charge in [0.2, 0.25) is 0 Å². The van der Waals surface area contributed by atoms with Crippen molar-refractivity contribution >= 4 is 21.8 Å². The van der Waals surface area contributed by atoms with Crippen LogP contribution in [0.25, 0.3) is 0 Å². The molecule has 0 unspecified atom stereocenters. The summed E-state index contributed by atoms with van der Waals surface area (Å²) in [5.74, 6) is 0.229. The summed E-state index contributed by atoms with van der Waals surface area (Å²) >= 11 is 3.28. The summed E-state index contributed by atoms with van der Waals surface area (Å²) < 4.78 is 14.0. The van der Waals surface area contributed by atoms with E-state index in [9.17, 15) is 4.39 Å². The van der Waals surface area contributed by atoms with Crippen molar-refractivity contribution < 1.29 is 9.60 Å². The fourth-order valence-electron chi connectivity index (χ4n) is 2.38.